The summed E-state index contributed by atoms with van der Waals surface area (Å²) in [6.07, 6.45) is 18.6. The molecule has 2 aromatic rings. The van der Waals surface area contributed by atoms with E-state index in [9.17, 15) is 14.4 Å². The predicted molar refractivity (Wildman–Crippen MR) is 144 cm³/mol. The summed E-state index contributed by atoms with van der Waals surface area (Å²) in [6.45, 7) is 0. The van der Waals surface area contributed by atoms with E-state index in [4.69, 9.17) is 5.11 Å². The maximum Gasteiger partial charge on any atom is 0.335 e. The van der Waals surface area contributed by atoms with Crippen LogP contribution in [-0.2, 0) is 24.1 Å². The minimum absolute atomic E-state index is 0.154. The van der Waals surface area contributed by atoms with Gasteiger partial charge < -0.3 is 15.7 Å². The molecule has 1 aromatic heterocycles. The third kappa shape index (κ3) is 6.61. The SMILES string of the molecule is O=CNc1sc2c(c1C(=O)NC1=CC=C(CCCc3ccc(C(=O)O)cc3)C=CC1)CCCCCC2. The summed E-state index contributed by atoms with van der Waals surface area (Å²) in [5, 5.41) is 15.5. The van der Waals surface area contributed by atoms with Crippen LogP contribution in [0, 0.1) is 0 Å². The number of nitrogens with one attached hydrogen (secondary N) is 2. The van der Waals surface area contributed by atoms with Crippen molar-refractivity contribution < 1.29 is 19.5 Å². The number of aryl methyl sites for hydroxylation is 2. The average molecular weight is 505 g/mol. The van der Waals surface area contributed by atoms with Gasteiger partial charge in [0.15, 0.2) is 0 Å². The van der Waals surface area contributed by atoms with E-state index in [-0.39, 0.29) is 5.91 Å². The van der Waals surface area contributed by atoms with Gasteiger partial charge in [-0.2, -0.15) is 0 Å². The number of benzene rings is 1. The maximum atomic E-state index is 13.3. The van der Waals surface area contributed by atoms with Crippen molar-refractivity contribution in [3.63, 3.8) is 0 Å². The second-order valence-corrected chi connectivity index (χ2v) is 10.3. The fraction of sp³-hybridized carbons (Fsp3) is 0.345. The fourth-order valence-corrected chi connectivity index (χ4v) is 6.01. The lowest BCUT2D eigenvalue weighted by Crippen LogP contribution is -2.24. The normalized spacial score (nSPS) is 15.4. The van der Waals surface area contributed by atoms with Crippen LogP contribution in [-0.4, -0.2) is 23.4 Å². The number of carbonyl (C=O) groups excluding carboxylic acids is 2. The maximum absolute atomic E-state index is 13.3. The molecule has 0 unspecified atom stereocenters. The van der Waals surface area contributed by atoms with E-state index in [0.29, 0.717) is 29.0 Å². The van der Waals surface area contributed by atoms with Gasteiger partial charge in [-0.25, -0.2) is 4.79 Å². The number of fused-ring (bicyclic) bond motifs is 1. The number of anilines is 1. The van der Waals surface area contributed by atoms with Crippen LogP contribution in [0.5, 0.6) is 0 Å². The summed E-state index contributed by atoms with van der Waals surface area (Å²) in [6, 6.07) is 7.03. The summed E-state index contributed by atoms with van der Waals surface area (Å²) >= 11 is 1.54. The molecule has 2 aliphatic rings. The molecule has 1 heterocycles. The van der Waals surface area contributed by atoms with Crippen LogP contribution in [0.4, 0.5) is 5.00 Å². The van der Waals surface area contributed by atoms with Gasteiger partial charge in [0, 0.05) is 17.0 Å². The smallest absolute Gasteiger partial charge is 0.335 e. The molecule has 0 radical (unpaired) electrons. The molecular weight excluding hydrogens is 472 g/mol. The first-order chi connectivity index (χ1) is 17.5. The van der Waals surface area contributed by atoms with E-state index in [0.717, 1.165) is 61.8 Å². The molecule has 2 amide bonds. The van der Waals surface area contributed by atoms with E-state index in [1.54, 1.807) is 12.1 Å². The molecule has 0 fully saturated rings. The summed E-state index contributed by atoms with van der Waals surface area (Å²) in [7, 11) is 0. The van der Waals surface area contributed by atoms with E-state index >= 15 is 0 Å². The number of carboxylic acids is 1. The number of aromatic carboxylic acids is 1. The van der Waals surface area contributed by atoms with Crippen molar-refractivity contribution in [1.29, 1.82) is 0 Å². The van der Waals surface area contributed by atoms with Gasteiger partial charge in [-0.15, -0.1) is 11.3 Å². The summed E-state index contributed by atoms with van der Waals surface area (Å²) in [5.74, 6) is -1.07. The molecule has 0 atom stereocenters. The van der Waals surface area contributed by atoms with Crippen molar-refractivity contribution >= 4 is 34.6 Å². The van der Waals surface area contributed by atoms with Gasteiger partial charge in [-0.1, -0.05) is 43.2 Å². The Morgan fingerprint density at radius 2 is 1.78 bits per heavy atom. The molecule has 0 aliphatic heterocycles. The Kier molecular flexibility index (Phi) is 8.90. The highest BCUT2D eigenvalue weighted by Gasteiger charge is 2.24. The van der Waals surface area contributed by atoms with Crippen LogP contribution in [0.1, 0.15) is 81.7 Å². The molecule has 7 heteroatoms. The zero-order valence-corrected chi connectivity index (χ0v) is 21.2. The third-order valence-corrected chi connectivity index (χ3v) is 7.89. The summed E-state index contributed by atoms with van der Waals surface area (Å²) in [4.78, 5) is 36.8. The van der Waals surface area contributed by atoms with Crippen LogP contribution in [0.3, 0.4) is 0 Å². The van der Waals surface area contributed by atoms with Crippen molar-refractivity contribution in [3.05, 3.63) is 87.0 Å². The summed E-state index contributed by atoms with van der Waals surface area (Å²) in [5.41, 5.74) is 5.15. The Morgan fingerprint density at radius 1 is 1.00 bits per heavy atom. The number of rotatable bonds is 9. The van der Waals surface area contributed by atoms with Crippen LogP contribution < -0.4 is 10.6 Å². The first kappa shape index (κ1) is 25.6. The molecule has 0 saturated heterocycles. The van der Waals surface area contributed by atoms with Gasteiger partial charge in [0.1, 0.15) is 5.00 Å². The highest BCUT2D eigenvalue weighted by Crippen LogP contribution is 2.37. The van der Waals surface area contributed by atoms with Crippen molar-refractivity contribution in [2.75, 3.05) is 5.32 Å². The molecule has 188 valence electrons. The second-order valence-electron chi connectivity index (χ2n) is 9.23. The van der Waals surface area contributed by atoms with Crippen LogP contribution in [0.15, 0.2) is 59.8 Å². The average Bonchev–Trinajstić information content (AvgIpc) is 3.02. The van der Waals surface area contributed by atoms with Gasteiger partial charge in [-0.05, 0) is 79.9 Å². The Labute approximate surface area is 215 Å². The fourth-order valence-electron chi connectivity index (χ4n) is 4.76. The zero-order valence-electron chi connectivity index (χ0n) is 20.3. The first-order valence-corrected chi connectivity index (χ1v) is 13.4. The molecule has 36 heavy (non-hydrogen) atoms. The number of allylic oxidation sites excluding steroid dienone is 5. The minimum Gasteiger partial charge on any atom is -0.478 e. The second kappa shape index (κ2) is 12.5. The van der Waals surface area contributed by atoms with Gasteiger partial charge >= 0.3 is 5.97 Å². The lowest BCUT2D eigenvalue weighted by atomic mass is 9.96. The molecule has 1 aromatic carbocycles. The quantitative estimate of drug-likeness (QED) is 0.355. The predicted octanol–water partition coefficient (Wildman–Crippen LogP) is 6.20. The van der Waals surface area contributed by atoms with Crippen LogP contribution >= 0.6 is 11.3 Å². The number of thiophene rings is 1. The molecule has 0 bridgehead atoms. The third-order valence-electron chi connectivity index (χ3n) is 6.66. The number of carboxylic acid groups (broad SMARTS) is 1. The minimum atomic E-state index is -0.911. The monoisotopic (exact) mass is 504 g/mol. The number of hydrogen-bond acceptors (Lipinski definition) is 4. The van der Waals surface area contributed by atoms with Gasteiger partial charge in [0.05, 0.1) is 11.1 Å². The molecule has 4 rings (SSSR count). The van der Waals surface area contributed by atoms with Crippen molar-refractivity contribution in [2.24, 2.45) is 0 Å². The number of amides is 2. The Hall–Kier alpha value is -3.45. The van der Waals surface area contributed by atoms with Gasteiger partial charge in [-0.3, -0.25) is 9.59 Å². The molecular formula is C29H32N2O4S. The molecule has 6 nitrogen and oxygen atoms in total. The van der Waals surface area contributed by atoms with E-state index in [1.807, 2.05) is 18.2 Å². The molecule has 3 N–H and O–H groups in total. The van der Waals surface area contributed by atoms with E-state index in [2.05, 4.69) is 28.9 Å². The lowest BCUT2D eigenvalue weighted by Gasteiger charge is -2.13. The van der Waals surface area contributed by atoms with E-state index < -0.39 is 5.97 Å². The van der Waals surface area contributed by atoms with Crippen molar-refractivity contribution in [2.45, 2.75) is 64.2 Å². The highest BCUT2D eigenvalue weighted by atomic mass is 32.1. The van der Waals surface area contributed by atoms with Gasteiger partial charge in [0.25, 0.3) is 5.91 Å². The highest BCUT2D eigenvalue weighted by molar-refractivity contribution is 7.16. The Balaban J connectivity index is 1.39. The largest absolute Gasteiger partial charge is 0.478 e. The van der Waals surface area contributed by atoms with Gasteiger partial charge in [0.2, 0.25) is 6.41 Å². The number of hydrogen-bond donors (Lipinski definition) is 3. The Morgan fingerprint density at radius 3 is 2.53 bits per heavy atom. The topological polar surface area (TPSA) is 95.5 Å². The number of carbonyl (C=O) groups is 3. The van der Waals surface area contributed by atoms with Crippen molar-refractivity contribution in [3.8, 4) is 0 Å². The van der Waals surface area contributed by atoms with Crippen molar-refractivity contribution in [1.82, 2.24) is 5.32 Å². The lowest BCUT2D eigenvalue weighted by molar-refractivity contribution is -0.105. The molecule has 2 aliphatic carbocycles. The Bertz CT molecular complexity index is 1200. The standard InChI is InChI=1S/C29H32N2O4S/c32-19-30-28-26(24-11-3-1-2-4-12-25(24)36-28)27(33)31-23-10-6-9-20(15-18-23)7-5-8-21-13-16-22(17-14-21)29(34)35/h6,9,13-19H,1-5,7-8,10-12H2,(H,30,32)(H,31,33)(H,34,35). The zero-order chi connectivity index (χ0) is 25.3. The molecule has 0 saturated carbocycles. The molecule has 0 spiro atoms. The van der Waals surface area contributed by atoms with E-state index in [1.165, 1.54) is 34.6 Å². The first-order valence-electron chi connectivity index (χ1n) is 12.6. The summed E-state index contributed by atoms with van der Waals surface area (Å²) < 4.78 is 0. The van der Waals surface area contributed by atoms with Crippen LogP contribution in [0.25, 0.3) is 0 Å². The van der Waals surface area contributed by atoms with Crippen LogP contribution in [0.2, 0.25) is 0 Å².